The zero-order chi connectivity index (χ0) is 17.4. The molecule has 25 heavy (non-hydrogen) atoms. The predicted molar refractivity (Wildman–Crippen MR) is 105 cm³/mol. The number of thiophene rings is 1. The molecule has 0 saturated carbocycles. The van der Waals surface area contributed by atoms with E-state index in [2.05, 4.69) is 37.0 Å². The zero-order valence-corrected chi connectivity index (χ0v) is 16.8. The number of halogens is 2. The highest BCUT2D eigenvalue weighted by molar-refractivity contribution is 9.10. The van der Waals surface area contributed by atoms with Crippen LogP contribution in [0.5, 0.6) is 0 Å². The van der Waals surface area contributed by atoms with Crippen LogP contribution >= 0.6 is 43.2 Å². The molecule has 0 aliphatic carbocycles. The quantitative estimate of drug-likeness (QED) is 0.472. The molecule has 2 aromatic heterocycles. The van der Waals surface area contributed by atoms with Gasteiger partial charge in [-0.3, -0.25) is 4.79 Å². The molecule has 4 nitrogen and oxygen atoms in total. The van der Waals surface area contributed by atoms with Crippen molar-refractivity contribution in [1.29, 1.82) is 0 Å². The number of nitrogens with zero attached hydrogens (tertiary/aromatic N) is 2. The number of carbonyl (C=O) groups excluding carboxylic acids is 1. The summed E-state index contributed by atoms with van der Waals surface area (Å²) in [6.45, 7) is 0. The maximum Gasteiger partial charge on any atom is 0.310 e. The van der Waals surface area contributed by atoms with Gasteiger partial charge in [0.15, 0.2) is 10.4 Å². The summed E-state index contributed by atoms with van der Waals surface area (Å²) in [5.41, 5.74) is 1.94. The van der Waals surface area contributed by atoms with Crippen LogP contribution < -0.4 is 0 Å². The van der Waals surface area contributed by atoms with Gasteiger partial charge in [-0.2, -0.15) is 5.10 Å². The first-order valence-electron chi connectivity index (χ1n) is 7.58. The van der Waals surface area contributed by atoms with Crippen LogP contribution in [0.15, 0.2) is 72.6 Å². The maximum atomic E-state index is 13.0. The van der Waals surface area contributed by atoms with Crippen molar-refractivity contribution in [2.45, 2.75) is 12.5 Å². The highest BCUT2D eigenvalue weighted by Crippen LogP contribution is 2.38. The Balaban J connectivity index is 1.75. The molecular weight excluding hydrogens is 468 g/mol. The fourth-order valence-corrected chi connectivity index (χ4v) is 4.40. The van der Waals surface area contributed by atoms with Crippen LogP contribution in [0.2, 0.25) is 0 Å². The van der Waals surface area contributed by atoms with E-state index in [0.717, 1.165) is 20.6 Å². The number of benzene rings is 1. The summed E-state index contributed by atoms with van der Waals surface area (Å²) in [5, 5.41) is 8.17. The molecule has 3 aromatic rings. The topological polar surface area (TPSA) is 45.8 Å². The molecule has 0 N–H and O–H groups in total. The van der Waals surface area contributed by atoms with Gasteiger partial charge in [0.2, 0.25) is 0 Å². The van der Waals surface area contributed by atoms with Crippen molar-refractivity contribution in [2.75, 3.05) is 0 Å². The first-order chi connectivity index (χ1) is 12.1. The molecule has 4 rings (SSSR count). The predicted octanol–water partition coefficient (Wildman–Crippen LogP) is 5.86. The van der Waals surface area contributed by atoms with E-state index in [1.54, 1.807) is 23.5 Å². The second kappa shape index (κ2) is 6.90. The molecule has 7 heteroatoms. The third kappa shape index (κ3) is 3.23. The third-order valence-electron chi connectivity index (χ3n) is 3.97. The summed E-state index contributed by atoms with van der Waals surface area (Å²) in [5.74, 6) is 0.0121. The molecule has 1 amide bonds. The van der Waals surface area contributed by atoms with Gasteiger partial charge in [-0.1, -0.05) is 40.2 Å². The summed E-state index contributed by atoms with van der Waals surface area (Å²) in [4.78, 5) is 14.0. The van der Waals surface area contributed by atoms with Gasteiger partial charge in [0.05, 0.1) is 16.6 Å². The van der Waals surface area contributed by atoms with Crippen molar-refractivity contribution in [3.8, 4) is 0 Å². The third-order valence-corrected chi connectivity index (χ3v) is 6.04. The number of hydrazone groups is 1. The molecule has 3 heterocycles. The number of hydrogen-bond acceptors (Lipinski definition) is 4. The number of rotatable bonds is 3. The first-order valence-corrected chi connectivity index (χ1v) is 10.0. The highest BCUT2D eigenvalue weighted by Gasteiger charge is 2.36. The van der Waals surface area contributed by atoms with E-state index in [1.165, 1.54) is 5.01 Å². The average molecular weight is 480 g/mol. The lowest BCUT2D eigenvalue weighted by molar-refractivity contribution is 0.0676. The van der Waals surface area contributed by atoms with Crippen LogP contribution in [0, 0.1) is 0 Å². The van der Waals surface area contributed by atoms with Gasteiger partial charge in [0, 0.05) is 10.9 Å². The molecule has 0 radical (unpaired) electrons. The van der Waals surface area contributed by atoms with E-state index in [0.29, 0.717) is 11.1 Å². The minimum atomic E-state index is -0.252. The van der Waals surface area contributed by atoms with E-state index in [-0.39, 0.29) is 17.7 Å². The van der Waals surface area contributed by atoms with Crippen LogP contribution in [0.25, 0.3) is 0 Å². The molecular formula is C18H12Br2N2O2S. The van der Waals surface area contributed by atoms with Gasteiger partial charge < -0.3 is 4.42 Å². The zero-order valence-electron chi connectivity index (χ0n) is 12.9. The van der Waals surface area contributed by atoms with Crippen molar-refractivity contribution in [3.63, 3.8) is 0 Å². The Bertz CT molecular complexity index is 950. The lowest BCUT2D eigenvalue weighted by atomic mass is 10.0. The normalized spacial score (nSPS) is 17.0. The summed E-state index contributed by atoms with van der Waals surface area (Å²) in [7, 11) is 0. The van der Waals surface area contributed by atoms with Crippen molar-refractivity contribution in [1.82, 2.24) is 5.01 Å². The average Bonchev–Trinajstić information content (AvgIpc) is 3.34. The number of carbonyl (C=O) groups is 1. The summed E-state index contributed by atoms with van der Waals surface area (Å²) in [6.07, 6.45) is 0.663. The summed E-state index contributed by atoms with van der Waals surface area (Å²) in [6, 6.07) is 15.1. The number of hydrogen-bond donors (Lipinski definition) is 0. The Labute approximate surface area is 165 Å². The Hall–Kier alpha value is -1.70. The minimum Gasteiger partial charge on any atom is -0.444 e. The number of furan rings is 1. The minimum absolute atomic E-state index is 0.177. The lowest BCUT2D eigenvalue weighted by Crippen LogP contribution is -2.27. The molecule has 0 unspecified atom stereocenters. The highest BCUT2D eigenvalue weighted by atomic mass is 79.9. The Morgan fingerprint density at radius 3 is 2.68 bits per heavy atom. The van der Waals surface area contributed by atoms with Crippen LogP contribution in [-0.4, -0.2) is 16.6 Å². The van der Waals surface area contributed by atoms with E-state index in [9.17, 15) is 4.79 Å². The molecule has 1 aliphatic rings. The van der Waals surface area contributed by atoms with Gasteiger partial charge >= 0.3 is 5.91 Å². The van der Waals surface area contributed by atoms with Crippen LogP contribution in [-0.2, 0) is 0 Å². The first kappa shape index (κ1) is 16.8. The summed E-state index contributed by atoms with van der Waals surface area (Å²) >= 11 is 8.46. The van der Waals surface area contributed by atoms with Gasteiger partial charge in [0.1, 0.15) is 0 Å². The molecule has 0 bridgehead atoms. The van der Waals surface area contributed by atoms with Crippen molar-refractivity contribution < 1.29 is 9.21 Å². The molecule has 1 aromatic carbocycles. The van der Waals surface area contributed by atoms with Crippen LogP contribution in [0.3, 0.4) is 0 Å². The molecule has 0 fully saturated rings. The smallest absolute Gasteiger partial charge is 0.310 e. The van der Waals surface area contributed by atoms with Crippen LogP contribution in [0.1, 0.15) is 33.5 Å². The van der Waals surface area contributed by atoms with Gasteiger partial charge in [-0.25, -0.2) is 5.01 Å². The second-order valence-electron chi connectivity index (χ2n) is 5.52. The fourth-order valence-electron chi connectivity index (χ4n) is 2.82. The standard InChI is InChI=1S/C18H12Br2N2O2S/c19-12-5-2-1-4-11(12)14-10-13(16-6-3-9-25-16)21-22(14)18(23)15-7-8-17(20)24-15/h1-9,14H,10H2/t14-/m0/s1. The van der Waals surface area contributed by atoms with Gasteiger partial charge in [-0.05, 0) is 51.1 Å². The Morgan fingerprint density at radius 2 is 2.00 bits per heavy atom. The van der Waals surface area contributed by atoms with E-state index >= 15 is 0 Å². The Morgan fingerprint density at radius 1 is 1.16 bits per heavy atom. The number of amides is 1. The lowest BCUT2D eigenvalue weighted by Gasteiger charge is -2.22. The van der Waals surface area contributed by atoms with E-state index < -0.39 is 0 Å². The van der Waals surface area contributed by atoms with Crippen molar-refractivity contribution in [2.24, 2.45) is 5.10 Å². The van der Waals surface area contributed by atoms with E-state index in [1.807, 2.05) is 41.8 Å². The Kier molecular flexibility index (Phi) is 4.62. The fraction of sp³-hybridized carbons (Fsp3) is 0.111. The van der Waals surface area contributed by atoms with Gasteiger partial charge in [0.25, 0.3) is 0 Å². The second-order valence-corrected chi connectivity index (χ2v) is 8.10. The largest absolute Gasteiger partial charge is 0.444 e. The van der Waals surface area contributed by atoms with Crippen molar-refractivity contribution in [3.05, 3.63) is 79.3 Å². The SMILES string of the molecule is O=C(c1ccc(Br)o1)N1N=C(c2cccs2)C[C@H]1c1ccccc1Br. The maximum absolute atomic E-state index is 13.0. The van der Waals surface area contributed by atoms with Crippen molar-refractivity contribution >= 4 is 54.8 Å². The molecule has 1 atom stereocenters. The molecule has 0 saturated heterocycles. The molecule has 1 aliphatic heterocycles. The van der Waals surface area contributed by atoms with Crippen LogP contribution in [0.4, 0.5) is 0 Å². The monoisotopic (exact) mass is 478 g/mol. The van der Waals surface area contributed by atoms with Gasteiger partial charge in [-0.15, -0.1) is 11.3 Å². The molecule has 0 spiro atoms. The van der Waals surface area contributed by atoms with E-state index in [4.69, 9.17) is 4.42 Å². The molecule has 126 valence electrons. The summed E-state index contributed by atoms with van der Waals surface area (Å²) < 4.78 is 6.93.